The Bertz CT molecular complexity index is 482. The van der Waals surface area contributed by atoms with Gasteiger partial charge in [0, 0.05) is 5.56 Å². The van der Waals surface area contributed by atoms with Crippen LogP contribution in [0.15, 0.2) is 48.5 Å². The minimum absolute atomic E-state index is 0.719. The molecule has 1 N–H and O–H groups in total. The lowest BCUT2D eigenvalue weighted by Gasteiger charge is -2.04. The van der Waals surface area contributed by atoms with Crippen molar-refractivity contribution >= 4 is 5.69 Å². The molecule has 1 aliphatic heterocycles. The molecule has 0 amide bonds. The van der Waals surface area contributed by atoms with Gasteiger partial charge >= 0.3 is 0 Å². The van der Waals surface area contributed by atoms with Crippen LogP contribution in [-0.2, 0) is 4.99 Å². The molecule has 2 aromatic carbocycles. The number of rotatable bonds is 1. The lowest BCUT2D eigenvalue weighted by molar-refractivity contribution is -0.160. The summed E-state index contributed by atoms with van der Waals surface area (Å²) in [4.78, 5) is 9.68. The van der Waals surface area contributed by atoms with Crippen molar-refractivity contribution in [1.29, 1.82) is 0 Å². The van der Waals surface area contributed by atoms with Crippen LogP contribution in [0.25, 0.3) is 11.1 Å². The highest BCUT2D eigenvalue weighted by atomic mass is 17.3. The van der Waals surface area contributed by atoms with Crippen LogP contribution in [0.2, 0.25) is 0 Å². The van der Waals surface area contributed by atoms with Gasteiger partial charge in [-0.05, 0) is 11.6 Å². The molecule has 3 rings (SSSR count). The van der Waals surface area contributed by atoms with Gasteiger partial charge in [0.2, 0.25) is 0 Å². The van der Waals surface area contributed by atoms with E-state index < -0.39 is 0 Å². The van der Waals surface area contributed by atoms with Gasteiger partial charge < -0.3 is 4.89 Å². The van der Waals surface area contributed by atoms with E-state index in [2.05, 4.69) is 17.6 Å². The predicted octanol–water partition coefficient (Wildman–Crippen LogP) is 3.00. The highest BCUT2D eigenvalue weighted by molar-refractivity contribution is 5.82. The summed E-state index contributed by atoms with van der Waals surface area (Å²) in [6, 6.07) is 15.9. The Hall–Kier alpha value is -2.00. The number of hydrogen-bond donors (Lipinski definition) is 1. The van der Waals surface area contributed by atoms with Crippen LogP contribution >= 0.6 is 0 Å². The molecular formula is C12H9NO2. The summed E-state index contributed by atoms with van der Waals surface area (Å²) in [6.45, 7) is 0. The molecule has 0 unspecified atom stereocenters. The summed E-state index contributed by atoms with van der Waals surface area (Å²) in [5.41, 5.74) is 5.83. The first-order chi connectivity index (χ1) is 7.45. The van der Waals surface area contributed by atoms with Crippen molar-refractivity contribution in [2.75, 3.05) is 5.48 Å². The molecule has 0 aliphatic carbocycles. The molecule has 0 spiro atoms. The van der Waals surface area contributed by atoms with E-state index in [1.807, 2.05) is 36.4 Å². The third-order valence-electron chi connectivity index (χ3n) is 2.39. The Morgan fingerprint density at radius 2 is 1.73 bits per heavy atom. The van der Waals surface area contributed by atoms with Gasteiger partial charge in [-0.25, -0.2) is 5.48 Å². The quantitative estimate of drug-likeness (QED) is 0.716. The van der Waals surface area contributed by atoms with E-state index in [4.69, 9.17) is 9.88 Å². The molecule has 74 valence electrons. The zero-order chi connectivity index (χ0) is 10.1. The smallest absolute Gasteiger partial charge is 0.194 e. The summed E-state index contributed by atoms with van der Waals surface area (Å²) in [5, 5.41) is 0. The molecule has 1 heterocycles. The summed E-state index contributed by atoms with van der Waals surface area (Å²) in [5.74, 6) is 0.719. The van der Waals surface area contributed by atoms with Gasteiger partial charge in [0.25, 0.3) is 0 Å². The molecule has 1 aliphatic rings. The second kappa shape index (κ2) is 3.29. The first-order valence-corrected chi connectivity index (χ1v) is 4.73. The van der Waals surface area contributed by atoms with Crippen molar-refractivity contribution < 1.29 is 9.88 Å². The van der Waals surface area contributed by atoms with E-state index in [-0.39, 0.29) is 0 Å². The minimum Gasteiger partial charge on any atom is -0.312 e. The molecule has 0 bridgehead atoms. The third-order valence-corrected chi connectivity index (χ3v) is 2.39. The number of nitrogens with one attached hydrogen (secondary N) is 1. The molecule has 2 aromatic rings. The fourth-order valence-electron chi connectivity index (χ4n) is 1.67. The van der Waals surface area contributed by atoms with Gasteiger partial charge in [0.1, 0.15) is 5.69 Å². The number of fused-ring (bicyclic) bond motifs is 1. The summed E-state index contributed by atoms with van der Waals surface area (Å²) in [6.07, 6.45) is 0. The zero-order valence-electron chi connectivity index (χ0n) is 7.94. The molecule has 0 fully saturated rings. The molecule has 3 heteroatoms. The van der Waals surface area contributed by atoms with Crippen LogP contribution in [0.5, 0.6) is 5.75 Å². The molecule has 3 nitrogen and oxygen atoms in total. The van der Waals surface area contributed by atoms with Crippen LogP contribution in [0.4, 0.5) is 5.69 Å². The van der Waals surface area contributed by atoms with Crippen molar-refractivity contribution in [2.45, 2.75) is 0 Å². The van der Waals surface area contributed by atoms with Crippen molar-refractivity contribution in [2.24, 2.45) is 0 Å². The molecule has 15 heavy (non-hydrogen) atoms. The lowest BCUT2D eigenvalue weighted by Crippen LogP contribution is -1.93. The fraction of sp³-hybridized carbons (Fsp3) is 0. The number of hydrogen-bond acceptors (Lipinski definition) is 3. The molecule has 0 radical (unpaired) electrons. The molecule has 0 saturated carbocycles. The SMILES string of the molecule is c1ccc(-c2cccc3c2NOO3)cc1. The summed E-state index contributed by atoms with van der Waals surface area (Å²) >= 11 is 0. The topological polar surface area (TPSA) is 30.5 Å². The highest BCUT2D eigenvalue weighted by Crippen LogP contribution is 2.38. The Balaban J connectivity index is 2.17. The first-order valence-electron chi connectivity index (χ1n) is 4.73. The highest BCUT2D eigenvalue weighted by Gasteiger charge is 2.17. The maximum absolute atomic E-state index is 4.95. The minimum atomic E-state index is 0.719. The normalized spacial score (nSPS) is 12.8. The second-order valence-corrected chi connectivity index (χ2v) is 3.31. The van der Waals surface area contributed by atoms with E-state index in [9.17, 15) is 0 Å². The van der Waals surface area contributed by atoms with Gasteiger partial charge in [-0.15, -0.1) is 0 Å². The van der Waals surface area contributed by atoms with Crippen LogP contribution in [-0.4, -0.2) is 0 Å². The van der Waals surface area contributed by atoms with Crippen LogP contribution < -0.4 is 10.4 Å². The Morgan fingerprint density at radius 1 is 0.867 bits per heavy atom. The maximum atomic E-state index is 4.95. The zero-order valence-corrected chi connectivity index (χ0v) is 7.94. The number of benzene rings is 2. The average Bonchev–Trinajstić information content (AvgIpc) is 2.78. The standard InChI is InChI=1S/C12H9NO2/c1-2-5-9(6-3-1)10-7-4-8-11-12(10)13-15-14-11/h1-8,13H. The van der Waals surface area contributed by atoms with Gasteiger partial charge in [-0.2, -0.15) is 0 Å². The van der Waals surface area contributed by atoms with Crippen LogP contribution in [0.1, 0.15) is 0 Å². The van der Waals surface area contributed by atoms with E-state index >= 15 is 0 Å². The van der Waals surface area contributed by atoms with Crippen molar-refractivity contribution in [3.63, 3.8) is 0 Å². The Kier molecular flexibility index (Phi) is 1.83. The second-order valence-electron chi connectivity index (χ2n) is 3.31. The van der Waals surface area contributed by atoms with E-state index in [0.717, 1.165) is 22.6 Å². The number of para-hydroxylation sites is 1. The van der Waals surface area contributed by atoms with Crippen LogP contribution in [0, 0.1) is 0 Å². The Labute approximate surface area is 87.1 Å². The Morgan fingerprint density at radius 3 is 2.60 bits per heavy atom. The third kappa shape index (κ3) is 1.33. The largest absolute Gasteiger partial charge is 0.312 e. The monoisotopic (exact) mass is 199 g/mol. The maximum Gasteiger partial charge on any atom is 0.194 e. The number of anilines is 1. The van der Waals surface area contributed by atoms with E-state index in [1.54, 1.807) is 0 Å². The van der Waals surface area contributed by atoms with Crippen molar-refractivity contribution in [3.8, 4) is 16.9 Å². The van der Waals surface area contributed by atoms with Crippen molar-refractivity contribution in [1.82, 2.24) is 0 Å². The molecule has 0 aromatic heterocycles. The lowest BCUT2D eigenvalue weighted by atomic mass is 10.0. The average molecular weight is 199 g/mol. The molecular weight excluding hydrogens is 190 g/mol. The first kappa shape index (κ1) is 8.32. The van der Waals surface area contributed by atoms with Gasteiger partial charge in [0.05, 0.1) is 0 Å². The molecule has 0 saturated heterocycles. The summed E-state index contributed by atoms with van der Waals surface area (Å²) < 4.78 is 0. The van der Waals surface area contributed by atoms with E-state index in [0.29, 0.717) is 0 Å². The van der Waals surface area contributed by atoms with E-state index in [1.165, 1.54) is 0 Å². The fourth-order valence-corrected chi connectivity index (χ4v) is 1.67. The van der Waals surface area contributed by atoms with Gasteiger partial charge in [0.15, 0.2) is 5.75 Å². The van der Waals surface area contributed by atoms with Crippen LogP contribution in [0.3, 0.4) is 0 Å². The van der Waals surface area contributed by atoms with Gasteiger partial charge in [-0.1, -0.05) is 47.5 Å². The summed E-state index contributed by atoms with van der Waals surface area (Å²) in [7, 11) is 0. The molecule has 0 atom stereocenters. The predicted molar refractivity (Wildman–Crippen MR) is 57.2 cm³/mol. The van der Waals surface area contributed by atoms with Gasteiger partial charge in [-0.3, -0.25) is 0 Å². The van der Waals surface area contributed by atoms with Crippen molar-refractivity contribution in [3.05, 3.63) is 48.5 Å².